The molecule has 41 heavy (non-hydrogen) atoms. The summed E-state index contributed by atoms with van der Waals surface area (Å²) >= 11 is 0. The molecule has 3 rings (SSSR count). The molecule has 0 aromatic heterocycles. The van der Waals surface area contributed by atoms with Crippen LogP contribution in [0.4, 0.5) is 10.5 Å². The molecule has 0 bridgehead atoms. The number of carbonyl (C=O) groups excluding carboxylic acids is 3. The van der Waals surface area contributed by atoms with Gasteiger partial charge in [0.15, 0.2) is 0 Å². The Hall–Kier alpha value is -3.87. The third-order valence-corrected chi connectivity index (χ3v) is 7.09. The summed E-state index contributed by atoms with van der Waals surface area (Å²) in [7, 11) is 0. The lowest BCUT2D eigenvalue weighted by Gasteiger charge is -2.44. The normalized spacial score (nSPS) is 13.4. The molecule has 3 amide bonds. The molecule has 0 fully saturated rings. The molecule has 2 unspecified atom stereocenters. The second-order valence-electron chi connectivity index (χ2n) is 12.6. The van der Waals surface area contributed by atoms with E-state index in [-0.39, 0.29) is 17.7 Å². The topological polar surface area (TPSA) is 87.7 Å². The minimum Gasteiger partial charge on any atom is -0.444 e. The van der Waals surface area contributed by atoms with Crippen LogP contribution < -0.4 is 10.6 Å². The van der Waals surface area contributed by atoms with E-state index in [0.717, 1.165) is 10.8 Å². The molecule has 7 heteroatoms. The van der Waals surface area contributed by atoms with Crippen molar-refractivity contribution in [1.82, 2.24) is 10.2 Å². The SMILES string of the molecule is CCC(C)(C)N(C(=O)C(CC(C)C)NC(=O)OC(C)(C)C)C(C(=O)Nc1ccc2ccccc2c1)c1ccccc1. The molecule has 0 aliphatic rings. The van der Waals surface area contributed by atoms with Gasteiger partial charge in [-0.25, -0.2) is 4.79 Å². The van der Waals surface area contributed by atoms with E-state index in [2.05, 4.69) is 10.6 Å². The van der Waals surface area contributed by atoms with Gasteiger partial charge in [-0.1, -0.05) is 81.4 Å². The summed E-state index contributed by atoms with van der Waals surface area (Å²) in [5.74, 6) is -0.562. The van der Waals surface area contributed by atoms with E-state index < -0.39 is 29.3 Å². The van der Waals surface area contributed by atoms with E-state index in [1.165, 1.54) is 0 Å². The van der Waals surface area contributed by atoms with Gasteiger partial charge in [0, 0.05) is 11.2 Å². The molecule has 0 saturated carbocycles. The predicted octanol–water partition coefficient (Wildman–Crippen LogP) is 7.48. The van der Waals surface area contributed by atoms with Crippen molar-refractivity contribution in [1.29, 1.82) is 0 Å². The van der Waals surface area contributed by atoms with E-state index in [9.17, 15) is 14.4 Å². The number of hydrogen-bond acceptors (Lipinski definition) is 4. The lowest BCUT2D eigenvalue weighted by Crippen LogP contribution is -2.59. The Morgan fingerprint density at radius 3 is 2.05 bits per heavy atom. The molecule has 0 radical (unpaired) electrons. The molecule has 3 aromatic rings. The van der Waals surface area contributed by atoms with Crippen molar-refractivity contribution in [3.8, 4) is 0 Å². The number of rotatable bonds is 10. The van der Waals surface area contributed by atoms with Crippen LogP contribution in [0, 0.1) is 5.92 Å². The Kier molecular flexibility index (Phi) is 10.2. The molecule has 0 spiro atoms. The summed E-state index contributed by atoms with van der Waals surface area (Å²) in [6.07, 6.45) is 0.316. The van der Waals surface area contributed by atoms with Crippen molar-refractivity contribution in [3.63, 3.8) is 0 Å². The zero-order chi connectivity index (χ0) is 30.4. The third-order valence-electron chi connectivity index (χ3n) is 7.09. The van der Waals surface area contributed by atoms with E-state index in [4.69, 9.17) is 4.74 Å². The first-order chi connectivity index (χ1) is 19.2. The second kappa shape index (κ2) is 13.2. The average Bonchev–Trinajstić information content (AvgIpc) is 2.89. The minimum absolute atomic E-state index is 0.104. The van der Waals surface area contributed by atoms with Crippen LogP contribution in [0.25, 0.3) is 10.8 Å². The number of fused-ring (bicyclic) bond motifs is 1. The van der Waals surface area contributed by atoms with E-state index in [1.54, 1.807) is 25.7 Å². The maximum atomic E-state index is 14.5. The number of alkyl carbamates (subject to hydrolysis) is 1. The van der Waals surface area contributed by atoms with Gasteiger partial charge < -0.3 is 20.3 Å². The van der Waals surface area contributed by atoms with Gasteiger partial charge in [-0.15, -0.1) is 0 Å². The fourth-order valence-electron chi connectivity index (χ4n) is 4.79. The van der Waals surface area contributed by atoms with Gasteiger partial charge in [-0.3, -0.25) is 9.59 Å². The Morgan fingerprint density at radius 2 is 1.46 bits per heavy atom. The maximum absolute atomic E-state index is 14.5. The molecule has 0 heterocycles. The zero-order valence-electron chi connectivity index (χ0n) is 25.7. The summed E-state index contributed by atoms with van der Waals surface area (Å²) in [6, 6.07) is 21.2. The van der Waals surface area contributed by atoms with Gasteiger partial charge >= 0.3 is 6.09 Å². The Balaban J connectivity index is 2.07. The van der Waals surface area contributed by atoms with E-state index in [1.807, 2.05) is 107 Å². The lowest BCUT2D eigenvalue weighted by molar-refractivity contribution is -0.148. The van der Waals surface area contributed by atoms with Gasteiger partial charge in [-0.2, -0.15) is 0 Å². The van der Waals surface area contributed by atoms with Crippen molar-refractivity contribution < 1.29 is 19.1 Å². The molecule has 0 saturated heterocycles. The lowest BCUT2D eigenvalue weighted by atomic mass is 9.90. The summed E-state index contributed by atoms with van der Waals surface area (Å²) in [5.41, 5.74) is -0.115. The van der Waals surface area contributed by atoms with Crippen LogP contribution in [-0.4, -0.2) is 40.0 Å². The van der Waals surface area contributed by atoms with Crippen LogP contribution in [0.15, 0.2) is 72.8 Å². The number of hydrogen-bond donors (Lipinski definition) is 2. The molecule has 7 nitrogen and oxygen atoms in total. The standard InChI is InChI=1S/C34H45N3O4/c1-9-34(7,8)37(31(39)28(21-23(2)3)36-32(40)41-33(4,5)6)29(25-16-11-10-12-17-25)30(38)35-27-20-19-24-15-13-14-18-26(24)22-27/h10-20,22-23,28-29H,9,21H2,1-8H3,(H,35,38)(H,36,40). The largest absolute Gasteiger partial charge is 0.444 e. The smallest absolute Gasteiger partial charge is 0.408 e. The van der Waals surface area contributed by atoms with E-state index >= 15 is 0 Å². The first kappa shape index (κ1) is 31.7. The summed E-state index contributed by atoms with van der Waals surface area (Å²) < 4.78 is 5.50. The molecule has 0 aliphatic heterocycles. The van der Waals surface area contributed by atoms with Gasteiger partial charge in [0.1, 0.15) is 17.7 Å². The molecule has 2 N–H and O–H groups in total. The highest BCUT2D eigenvalue weighted by atomic mass is 16.6. The highest BCUT2D eigenvalue weighted by Gasteiger charge is 2.43. The van der Waals surface area contributed by atoms with Crippen LogP contribution in [0.5, 0.6) is 0 Å². The van der Waals surface area contributed by atoms with Crippen LogP contribution in [0.3, 0.4) is 0 Å². The van der Waals surface area contributed by atoms with Crippen molar-refractivity contribution in [3.05, 3.63) is 78.4 Å². The molecule has 2 atom stereocenters. The second-order valence-corrected chi connectivity index (χ2v) is 12.6. The Morgan fingerprint density at radius 1 is 0.854 bits per heavy atom. The number of anilines is 1. The molecule has 220 valence electrons. The van der Waals surface area contributed by atoms with Crippen molar-refractivity contribution >= 4 is 34.4 Å². The number of benzene rings is 3. The van der Waals surface area contributed by atoms with Crippen LogP contribution in [0.2, 0.25) is 0 Å². The third kappa shape index (κ3) is 8.56. The van der Waals surface area contributed by atoms with Crippen molar-refractivity contribution in [2.75, 3.05) is 5.32 Å². The van der Waals surface area contributed by atoms with Crippen LogP contribution in [-0.2, 0) is 14.3 Å². The fourth-order valence-corrected chi connectivity index (χ4v) is 4.79. The molecule has 3 aromatic carbocycles. The number of nitrogens with one attached hydrogen (secondary N) is 2. The quantitative estimate of drug-likeness (QED) is 0.270. The highest BCUT2D eigenvalue weighted by Crippen LogP contribution is 2.34. The van der Waals surface area contributed by atoms with E-state index in [0.29, 0.717) is 24.1 Å². The number of carbonyl (C=O) groups is 3. The predicted molar refractivity (Wildman–Crippen MR) is 166 cm³/mol. The number of ether oxygens (including phenoxy) is 1. The molecule has 0 aliphatic carbocycles. The zero-order valence-corrected chi connectivity index (χ0v) is 25.7. The summed E-state index contributed by atoms with van der Waals surface area (Å²) in [5, 5.41) is 7.95. The minimum atomic E-state index is -0.944. The highest BCUT2D eigenvalue weighted by molar-refractivity contribution is 6.00. The molecular formula is C34H45N3O4. The summed E-state index contributed by atoms with van der Waals surface area (Å²) in [6.45, 7) is 15.2. The Labute approximate surface area is 244 Å². The van der Waals surface area contributed by atoms with Gasteiger partial charge in [0.05, 0.1) is 0 Å². The van der Waals surface area contributed by atoms with Gasteiger partial charge in [0.2, 0.25) is 5.91 Å². The van der Waals surface area contributed by atoms with Gasteiger partial charge in [0.25, 0.3) is 5.91 Å². The molecular weight excluding hydrogens is 514 g/mol. The number of nitrogens with zero attached hydrogens (tertiary/aromatic N) is 1. The van der Waals surface area contributed by atoms with Gasteiger partial charge in [-0.05, 0) is 81.8 Å². The fraction of sp³-hybridized carbons (Fsp3) is 0.441. The van der Waals surface area contributed by atoms with Crippen molar-refractivity contribution in [2.24, 2.45) is 5.92 Å². The maximum Gasteiger partial charge on any atom is 0.408 e. The average molecular weight is 560 g/mol. The van der Waals surface area contributed by atoms with Crippen LogP contribution >= 0.6 is 0 Å². The first-order valence-corrected chi connectivity index (χ1v) is 14.4. The monoisotopic (exact) mass is 559 g/mol. The first-order valence-electron chi connectivity index (χ1n) is 14.4. The Bertz CT molecular complexity index is 1340. The van der Waals surface area contributed by atoms with Crippen LogP contribution in [0.1, 0.15) is 79.8 Å². The van der Waals surface area contributed by atoms with Crippen molar-refractivity contribution in [2.45, 2.75) is 91.5 Å². The number of amides is 3. The summed E-state index contributed by atoms with van der Waals surface area (Å²) in [4.78, 5) is 43.2.